The molecule has 16 heavy (non-hydrogen) atoms. The highest BCUT2D eigenvalue weighted by Gasteiger charge is 1.99. The van der Waals surface area contributed by atoms with Crippen LogP contribution in [0.15, 0.2) is 72.9 Å². The first kappa shape index (κ1) is 14.1. The fraction of sp³-hybridized carbons (Fsp3) is 0.133. The molecule has 0 saturated carbocycles. The van der Waals surface area contributed by atoms with Crippen molar-refractivity contribution in [3.63, 3.8) is 0 Å². The third-order valence-corrected chi connectivity index (χ3v) is 1.92. The van der Waals surface area contributed by atoms with E-state index >= 15 is 0 Å². The lowest BCUT2D eigenvalue weighted by Gasteiger charge is -1.95. The van der Waals surface area contributed by atoms with Gasteiger partial charge in [-0.05, 0) is 25.5 Å². The summed E-state index contributed by atoms with van der Waals surface area (Å²) < 4.78 is 0. The zero-order valence-electron chi connectivity index (χ0n) is 9.94. The molecule has 0 aromatic rings. The van der Waals surface area contributed by atoms with Crippen LogP contribution in [-0.2, 0) is 4.79 Å². The summed E-state index contributed by atoms with van der Waals surface area (Å²) in [6.45, 7) is 11.0. The number of allylic oxidation sites excluding steroid dienone is 10. The molecule has 0 aliphatic carbocycles. The highest BCUT2D eigenvalue weighted by atomic mass is 16.1. The van der Waals surface area contributed by atoms with Crippen LogP contribution in [0.2, 0.25) is 0 Å². The van der Waals surface area contributed by atoms with Crippen molar-refractivity contribution in [3.8, 4) is 0 Å². The predicted molar refractivity (Wildman–Crippen MR) is 71.2 cm³/mol. The second kappa shape index (κ2) is 8.42. The van der Waals surface area contributed by atoms with E-state index in [1.807, 2.05) is 32.1 Å². The average Bonchev–Trinajstić information content (AvgIpc) is 2.30. The Morgan fingerprint density at radius 2 is 1.75 bits per heavy atom. The molecule has 0 aromatic heterocycles. The molecular formula is C15H18O. The third-order valence-electron chi connectivity index (χ3n) is 1.92. The Hall–Kier alpha value is -1.89. The lowest BCUT2D eigenvalue weighted by atomic mass is 10.1. The van der Waals surface area contributed by atoms with Crippen LogP contribution >= 0.6 is 0 Å². The van der Waals surface area contributed by atoms with Crippen molar-refractivity contribution in [2.24, 2.45) is 0 Å². The maximum absolute atomic E-state index is 11.7. The van der Waals surface area contributed by atoms with Crippen molar-refractivity contribution in [2.45, 2.75) is 13.8 Å². The van der Waals surface area contributed by atoms with Gasteiger partial charge >= 0.3 is 0 Å². The molecule has 0 rings (SSSR count). The van der Waals surface area contributed by atoms with Crippen molar-refractivity contribution in [3.05, 3.63) is 72.9 Å². The van der Waals surface area contributed by atoms with E-state index in [1.54, 1.807) is 18.2 Å². The molecule has 0 fully saturated rings. The van der Waals surface area contributed by atoms with E-state index in [0.717, 1.165) is 5.57 Å². The van der Waals surface area contributed by atoms with E-state index in [-0.39, 0.29) is 5.78 Å². The van der Waals surface area contributed by atoms with Crippen molar-refractivity contribution in [1.82, 2.24) is 0 Å². The molecule has 0 spiro atoms. The number of hydrogen-bond acceptors (Lipinski definition) is 1. The quantitative estimate of drug-likeness (QED) is 0.483. The molecule has 1 nitrogen and oxygen atoms in total. The van der Waals surface area contributed by atoms with Crippen LogP contribution < -0.4 is 0 Å². The number of carbonyl (C=O) groups excluding carboxylic acids is 1. The predicted octanol–water partition coefficient (Wildman–Crippen LogP) is 3.93. The normalized spacial score (nSPS) is 13.4. The molecule has 0 atom stereocenters. The van der Waals surface area contributed by atoms with Crippen LogP contribution in [0.1, 0.15) is 13.8 Å². The van der Waals surface area contributed by atoms with Gasteiger partial charge in [-0.15, -0.1) is 0 Å². The van der Waals surface area contributed by atoms with Gasteiger partial charge in [0.05, 0.1) is 0 Å². The Balaban J connectivity index is 4.79. The molecule has 0 aliphatic heterocycles. The zero-order chi connectivity index (χ0) is 12.4. The first-order valence-electron chi connectivity index (χ1n) is 5.16. The van der Waals surface area contributed by atoms with Crippen molar-refractivity contribution in [2.75, 3.05) is 0 Å². The summed E-state index contributed by atoms with van der Waals surface area (Å²) in [4.78, 5) is 11.7. The maximum Gasteiger partial charge on any atom is 0.185 e. The zero-order valence-corrected chi connectivity index (χ0v) is 9.94. The van der Waals surface area contributed by atoms with Gasteiger partial charge in [-0.25, -0.2) is 0 Å². The topological polar surface area (TPSA) is 17.1 Å². The van der Waals surface area contributed by atoms with Gasteiger partial charge in [0.25, 0.3) is 0 Å². The Morgan fingerprint density at radius 3 is 2.19 bits per heavy atom. The van der Waals surface area contributed by atoms with Gasteiger partial charge in [-0.1, -0.05) is 55.7 Å². The van der Waals surface area contributed by atoms with Gasteiger partial charge in [0.15, 0.2) is 5.78 Å². The number of ketones is 1. The van der Waals surface area contributed by atoms with E-state index in [4.69, 9.17) is 0 Å². The molecule has 0 bridgehead atoms. The SMILES string of the molecule is C=C/C=C(\C=C)C(=O)/C=C/C(/C=C\C)=C/C. The van der Waals surface area contributed by atoms with Gasteiger partial charge in [0.1, 0.15) is 0 Å². The van der Waals surface area contributed by atoms with Gasteiger partial charge < -0.3 is 0 Å². The van der Waals surface area contributed by atoms with Crippen LogP contribution in [0, 0.1) is 0 Å². The monoisotopic (exact) mass is 214 g/mol. The number of carbonyl (C=O) groups is 1. The van der Waals surface area contributed by atoms with E-state index < -0.39 is 0 Å². The molecule has 84 valence electrons. The second-order valence-electron chi connectivity index (χ2n) is 3.05. The van der Waals surface area contributed by atoms with E-state index in [9.17, 15) is 4.79 Å². The number of hydrogen-bond donors (Lipinski definition) is 0. The minimum Gasteiger partial charge on any atom is -0.289 e. The fourth-order valence-electron chi connectivity index (χ4n) is 1.09. The van der Waals surface area contributed by atoms with E-state index in [1.165, 1.54) is 12.2 Å². The van der Waals surface area contributed by atoms with Crippen molar-refractivity contribution < 1.29 is 4.79 Å². The van der Waals surface area contributed by atoms with E-state index in [2.05, 4.69) is 13.2 Å². The lowest BCUT2D eigenvalue weighted by molar-refractivity contribution is -0.111. The van der Waals surface area contributed by atoms with Crippen LogP contribution in [0.3, 0.4) is 0 Å². The maximum atomic E-state index is 11.7. The van der Waals surface area contributed by atoms with Crippen LogP contribution in [0.5, 0.6) is 0 Å². The molecule has 1 heteroatoms. The summed E-state index contributed by atoms with van der Waals surface area (Å²) in [6.07, 6.45) is 13.9. The van der Waals surface area contributed by atoms with Gasteiger partial charge in [-0.2, -0.15) is 0 Å². The number of rotatable bonds is 6. The molecule has 0 saturated heterocycles. The molecule has 0 unspecified atom stereocenters. The molecule has 0 aliphatic rings. The van der Waals surface area contributed by atoms with Gasteiger partial charge in [-0.3, -0.25) is 4.79 Å². The van der Waals surface area contributed by atoms with Crippen molar-refractivity contribution >= 4 is 5.78 Å². The highest BCUT2D eigenvalue weighted by Crippen LogP contribution is 2.04. The third kappa shape index (κ3) is 5.11. The largest absolute Gasteiger partial charge is 0.289 e. The lowest BCUT2D eigenvalue weighted by Crippen LogP contribution is -1.94. The summed E-state index contributed by atoms with van der Waals surface area (Å²) in [5.74, 6) is -0.0706. The van der Waals surface area contributed by atoms with Crippen LogP contribution in [0.25, 0.3) is 0 Å². The van der Waals surface area contributed by atoms with Gasteiger partial charge in [0, 0.05) is 5.57 Å². The molecule has 0 N–H and O–H groups in total. The van der Waals surface area contributed by atoms with E-state index in [0.29, 0.717) is 5.57 Å². The Kier molecular flexibility index (Phi) is 7.43. The first-order valence-corrected chi connectivity index (χ1v) is 5.16. The summed E-state index contributed by atoms with van der Waals surface area (Å²) in [5.41, 5.74) is 1.54. The summed E-state index contributed by atoms with van der Waals surface area (Å²) in [6, 6.07) is 0. The Labute approximate surface area is 97.9 Å². The standard InChI is InChI=1S/C15H18O/c1-5-9-13(7-3)11-12-15(16)14(8-4)10-6-2/h5-12H,2,4H2,1,3H3/b9-5-,12-11+,13-7+,14-10+. The van der Waals surface area contributed by atoms with Crippen LogP contribution in [0.4, 0.5) is 0 Å². The molecule has 0 heterocycles. The molecule has 0 radical (unpaired) electrons. The smallest absolute Gasteiger partial charge is 0.185 e. The summed E-state index contributed by atoms with van der Waals surface area (Å²) >= 11 is 0. The summed E-state index contributed by atoms with van der Waals surface area (Å²) in [5, 5.41) is 0. The average molecular weight is 214 g/mol. The Bertz CT molecular complexity index is 376. The molecule has 0 aromatic carbocycles. The van der Waals surface area contributed by atoms with Gasteiger partial charge in [0.2, 0.25) is 0 Å². The van der Waals surface area contributed by atoms with Crippen LogP contribution in [-0.4, -0.2) is 5.78 Å². The second-order valence-corrected chi connectivity index (χ2v) is 3.05. The minimum atomic E-state index is -0.0706. The molecular weight excluding hydrogens is 196 g/mol. The molecule has 0 amide bonds. The minimum absolute atomic E-state index is 0.0706. The fourth-order valence-corrected chi connectivity index (χ4v) is 1.09. The summed E-state index contributed by atoms with van der Waals surface area (Å²) in [7, 11) is 0. The van der Waals surface area contributed by atoms with Crippen molar-refractivity contribution in [1.29, 1.82) is 0 Å². The highest BCUT2D eigenvalue weighted by molar-refractivity contribution is 6.06. The first-order chi connectivity index (χ1) is 7.69. The Morgan fingerprint density at radius 1 is 1.06 bits per heavy atom.